The van der Waals surface area contributed by atoms with E-state index in [1.54, 1.807) is 19.2 Å². The highest BCUT2D eigenvalue weighted by Gasteiger charge is 2.49. The molecule has 4 rings (SSSR count). The van der Waals surface area contributed by atoms with Crippen molar-refractivity contribution >= 4 is 22.8 Å². The predicted octanol–water partition coefficient (Wildman–Crippen LogP) is 1.58. The van der Waals surface area contributed by atoms with Crippen molar-refractivity contribution in [3.63, 3.8) is 0 Å². The van der Waals surface area contributed by atoms with Crippen LogP contribution in [0.25, 0.3) is 11.0 Å². The zero-order valence-corrected chi connectivity index (χ0v) is 11.4. The molecule has 2 aromatic rings. The summed E-state index contributed by atoms with van der Waals surface area (Å²) in [6.07, 6.45) is 0.402. The molecule has 2 bridgehead atoms. The molecule has 1 aromatic heterocycles. The van der Waals surface area contributed by atoms with Gasteiger partial charge in [0.25, 0.3) is 5.91 Å². The molecule has 1 amide bonds. The highest BCUT2D eigenvalue weighted by atomic mass is 16.6. The Morgan fingerprint density at radius 3 is 3.00 bits per heavy atom. The van der Waals surface area contributed by atoms with E-state index in [1.165, 1.54) is 4.90 Å². The standard InChI is InChI=1S/C15H13NO5/c1-19-11-4-2-3-8-5-12(21-13(8)11)14(17)16-7-9-6-10(16)15(18)20-9/h2-5,9-10H,6-7H2,1H3. The van der Waals surface area contributed by atoms with E-state index in [0.717, 1.165) is 5.39 Å². The number of carbonyl (C=O) groups is 2. The Balaban J connectivity index is 1.70. The topological polar surface area (TPSA) is 69.0 Å². The number of ether oxygens (including phenoxy) is 2. The third-order valence-electron chi connectivity index (χ3n) is 4.02. The number of likely N-dealkylation sites (tertiary alicyclic amines) is 1. The summed E-state index contributed by atoms with van der Waals surface area (Å²) in [6, 6.07) is 6.66. The average Bonchev–Trinajstić information content (AvgIpc) is 3.17. The first-order valence-corrected chi connectivity index (χ1v) is 6.75. The number of furan rings is 1. The van der Waals surface area contributed by atoms with Crippen LogP contribution in [0.1, 0.15) is 17.0 Å². The molecule has 2 aliphatic rings. The van der Waals surface area contributed by atoms with Crippen molar-refractivity contribution in [2.75, 3.05) is 13.7 Å². The maximum atomic E-state index is 12.5. The molecule has 0 N–H and O–H groups in total. The van der Waals surface area contributed by atoms with Gasteiger partial charge >= 0.3 is 5.97 Å². The second-order valence-corrected chi connectivity index (χ2v) is 5.26. The molecule has 6 heteroatoms. The van der Waals surface area contributed by atoms with Gasteiger partial charge in [0.05, 0.1) is 13.7 Å². The Labute approximate surface area is 120 Å². The molecule has 21 heavy (non-hydrogen) atoms. The molecule has 0 saturated carbocycles. The molecule has 0 radical (unpaired) electrons. The first kappa shape index (κ1) is 12.3. The summed E-state index contributed by atoms with van der Waals surface area (Å²) >= 11 is 0. The number of amides is 1. The largest absolute Gasteiger partial charge is 0.493 e. The van der Waals surface area contributed by atoms with Crippen molar-refractivity contribution in [2.24, 2.45) is 0 Å². The first-order valence-electron chi connectivity index (χ1n) is 6.75. The van der Waals surface area contributed by atoms with E-state index >= 15 is 0 Å². The summed E-state index contributed by atoms with van der Waals surface area (Å²) in [5.74, 6) is 0.189. The quantitative estimate of drug-likeness (QED) is 0.784. The number of carbonyl (C=O) groups excluding carboxylic acids is 2. The van der Waals surface area contributed by atoms with Crippen molar-refractivity contribution in [3.05, 3.63) is 30.0 Å². The number of rotatable bonds is 2. The summed E-state index contributed by atoms with van der Waals surface area (Å²) in [5, 5.41) is 0.796. The fraction of sp³-hybridized carbons (Fsp3) is 0.333. The van der Waals surface area contributed by atoms with Crippen LogP contribution in [0.4, 0.5) is 0 Å². The Morgan fingerprint density at radius 2 is 2.29 bits per heavy atom. The molecule has 2 atom stereocenters. The minimum absolute atomic E-state index is 0.176. The first-order chi connectivity index (χ1) is 10.2. The Kier molecular flexibility index (Phi) is 2.48. The lowest BCUT2D eigenvalue weighted by Crippen LogP contribution is -2.44. The van der Waals surface area contributed by atoms with Gasteiger partial charge in [0.15, 0.2) is 17.1 Å². The molecule has 0 aliphatic carbocycles. The van der Waals surface area contributed by atoms with Crippen LogP contribution in [-0.2, 0) is 9.53 Å². The number of para-hydroxylation sites is 1. The maximum Gasteiger partial charge on any atom is 0.329 e. The van der Waals surface area contributed by atoms with Gasteiger partial charge in [-0.1, -0.05) is 12.1 Å². The summed E-state index contributed by atoms with van der Waals surface area (Å²) in [6.45, 7) is 0.434. The minimum atomic E-state index is -0.474. The molecular formula is C15H13NO5. The van der Waals surface area contributed by atoms with Crippen LogP contribution in [0, 0.1) is 0 Å². The van der Waals surface area contributed by atoms with Crippen LogP contribution in [0.5, 0.6) is 5.75 Å². The second kappa shape index (κ2) is 4.25. The van der Waals surface area contributed by atoms with Crippen LogP contribution in [0.2, 0.25) is 0 Å². The van der Waals surface area contributed by atoms with Crippen LogP contribution < -0.4 is 4.74 Å². The average molecular weight is 287 g/mol. The minimum Gasteiger partial charge on any atom is -0.493 e. The van der Waals surface area contributed by atoms with E-state index in [2.05, 4.69) is 0 Å². The lowest BCUT2D eigenvalue weighted by atomic mass is 10.2. The van der Waals surface area contributed by atoms with E-state index in [4.69, 9.17) is 13.9 Å². The molecule has 0 spiro atoms. The molecule has 108 valence electrons. The monoisotopic (exact) mass is 287 g/mol. The summed E-state index contributed by atoms with van der Waals surface area (Å²) in [7, 11) is 1.55. The van der Waals surface area contributed by atoms with Crippen LogP contribution in [0.15, 0.2) is 28.7 Å². The van der Waals surface area contributed by atoms with E-state index in [-0.39, 0.29) is 23.7 Å². The van der Waals surface area contributed by atoms with Crippen molar-refractivity contribution in [3.8, 4) is 5.75 Å². The maximum absolute atomic E-state index is 12.5. The number of fused-ring (bicyclic) bond motifs is 3. The predicted molar refractivity (Wildman–Crippen MR) is 72.1 cm³/mol. The highest BCUT2D eigenvalue weighted by molar-refractivity contribution is 5.99. The van der Waals surface area contributed by atoms with Gasteiger partial charge in [0, 0.05) is 11.8 Å². The van der Waals surface area contributed by atoms with E-state index < -0.39 is 6.04 Å². The van der Waals surface area contributed by atoms with Crippen molar-refractivity contribution in [2.45, 2.75) is 18.6 Å². The normalized spacial score (nSPS) is 23.7. The summed E-state index contributed by atoms with van der Waals surface area (Å²) < 4.78 is 15.9. The van der Waals surface area contributed by atoms with E-state index in [9.17, 15) is 9.59 Å². The van der Waals surface area contributed by atoms with Crippen molar-refractivity contribution < 1.29 is 23.5 Å². The van der Waals surface area contributed by atoms with Gasteiger partial charge in [-0.25, -0.2) is 4.79 Å². The summed E-state index contributed by atoms with van der Waals surface area (Å²) in [4.78, 5) is 25.7. The second-order valence-electron chi connectivity index (χ2n) is 5.26. The van der Waals surface area contributed by atoms with Gasteiger partial charge in [-0.3, -0.25) is 4.79 Å². The van der Waals surface area contributed by atoms with E-state index in [1.807, 2.05) is 12.1 Å². The fourth-order valence-electron chi connectivity index (χ4n) is 3.02. The smallest absolute Gasteiger partial charge is 0.329 e. The number of nitrogens with zero attached hydrogens (tertiary/aromatic N) is 1. The van der Waals surface area contributed by atoms with Crippen LogP contribution in [-0.4, -0.2) is 42.6 Å². The zero-order valence-electron chi connectivity index (χ0n) is 11.4. The lowest BCUT2D eigenvalue weighted by molar-refractivity contribution is -0.149. The molecule has 2 unspecified atom stereocenters. The molecule has 2 fully saturated rings. The van der Waals surface area contributed by atoms with Gasteiger partial charge in [-0.05, 0) is 12.1 Å². The molecule has 3 heterocycles. The van der Waals surface area contributed by atoms with Crippen molar-refractivity contribution in [1.82, 2.24) is 4.90 Å². The SMILES string of the molecule is COc1cccc2cc(C(=O)N3CC4CC3C(=O)O4)oc12. The Hall–Kier alpha value is -2.50. The lowest BCUT2D eigenvalue weighted by Gasteiger charge is -2.24. The van der Waals surface area contributed by atoms with E-state index in [0.29, 0.717) is 24.3 Å². The van der Waals surface area contributed by atoms with Crippen LogP contribution >= 0.6 is 0 Å². The number of esters is 1. The number of hydrogen-bond donors (Lipinski definition) is 0. The third-order valence-corrected chi connectivity index (χ3v) is 4.02. The van der Waals surface area contributed by atoms with Crippen LogP contribution in [0.3, 0.4) is 0 Å². The van der Waals surface area contributed by atoms with Crippen molar-refractivity contribution in [1.29, 1.82) is 0 Å². The Bertz CT molecular complexity index is 750. The highest BCUT2D eigenvalue weighted by Crippen LogP contribution is 2.33. The molecular weight excluding hydrogens is 274 g/mol. The number of morpholine rings is 1. The van der Waals surface area contributed by atoms with Gasteiger partial charge < -0.3 is 18.8 Å². The summed E-state index contributed by atoms with van der Waals surface area (Å²) in [5.41, 5.74) is 0.537. The molecule has 2 aliphatic heterocycles. The fourth-order valence-corrected chi connectivity index (χ4v) is 3.02. The molecule has 2 saturated heterocycles. The molecule has 6 nitrogen and oxygen atoms in total. The third kappa shape index (κ3) is 1.72. The number of methoxy groups -OCH3 is 1. The zero-order chi connectivity index (χ0) is 14.6. The number of hydrogen-bond acceptors (Lipinski definition) is 5. The van der Waals surface area contributed by atoms with Gasteiger partial charge in [0.1, 0.15) is 12.1 Å². The number of benzene rings is 1. The van der Waals surface area contributed by atoms with Gasteiger partial charge in [0.2, 0.25) is 0 Å². The van der Waals surface area contributed by atoms with Gasteiger partial charge in [-0.15, -0.1) is 0 Å². The molecule has 1 aromatic carbocycles. The van der Waals surface area contributed by atoms with Gasteiger partial charge in [-0.2, -0.15) is 0 Å². The Morgan fingerprint density at radius 1 is 1.43 bits per heavy atom.